The molecule has 1 aliphatic carbocycles. The Hall–Kier alpha value is -2.08. The lowest BCUT2D eigenvalue weighted by molar-refractivity contribution is -0.161. The van der Waals surface area contributed by atoms with Crippen LogP contribution in [0.3, 0.4) is 0 Å². The first-order valence-electron chi connectivity index (χ1n) is 10.6. The van der Waals surface area contributed by atoms with E-state index in [0.29, 0.717) is 5.92 Å². The average Bonchev–Trinajstić information content (AvgIpc) is 2.74. The Morgan fingerprint density at radius 2 is 1.68 bits per heavy atom. The summed E-state index contributed by atoms with van der Waals surface area (Å²) in [5, 5.41) is 2.76. The van der Waals surface area contributed by atoms with Crippen LogP contribution in [0.15, 0.2) is 30.3 Å². The minimum Gasteiger partial charge on any atom is -0.459 e. The molecule has 4 aliphatic rings. The quantitative estimate of drug-likeness (QED) is 0.786. The molecular weight excluding hydrogens is 356 g/mol. The highest BCUT2D eigenvalue weighted by molar-refractivity contribution is 5.83. The number of hydrogen-bond acceptors (Lipinski definition) is 5. The Kier molecular flexibility index (Phi) is 6.15. The number of carbonyl (C=O) groups excluding carboxylic acids is 2. The zero-order valence-corrected chi connectivity index (χ0v) is 16.3. The van der Waals surface area contributed by atoms with Crippen molar-refractivity contribution in [3.05, 3.63) is 35.9 Å². The highest BCUT2D eigenvalue weighted by Gasteiger charge is 2.38. The Morgan fingerprint density at radius 3 is 2.32 bits per heavy atom. The van der Waals surface area contributed by atoms with Crippen LogP contribution < -0.4 is 5.32 Å². The van der Waals surface area contributed by atoms with Crippen molar-refractivity contribution >= 4 is 12.1 Å². The largest absolute Gasteiger partial charge is 0.459 e. The number of nitrogens with zero attached hydrogens (tertiary/aromatic N) is 1. The van der Waals surface area contributed by atoms with Gasteiger partial charge in [-0.25, -0.2) is 9.59 Å². The Morgan fingerprint density at radius 1 is 0.964 bits per heavy atom. The Balaban J connectivity index is 1.41. The lowest BCUT2D eigenvalue weighted by Crippen LogP contribution is -2.52. The lowest BCUT2D eigenvalue weighted by Gasteiger charge is -2.44. The van der Waals surface area contributed by atoms with Crippen molar-refractivity contribution in [1.82, 2.24) is 10.2 Å². The molecule has 1 aromatic rings. The van der Waals surface area contributed by atoms with Gasteiger partial charge in [0.05, 0.1) is 0 Å². The van der Waals surface area contributed by atoms with Crippen LogP contribution in [-0.2, 0) is 14.3 Å². The minimum absolute atomic E-state index is 0.0527. The molecule has 2 unspecified atom stereocenters. The van der Waals surface area contributed by atoms with Gasteiger partial charge >= 0.3 is 12.1 Å². The number of ether oxygens (including phenoxy) is 2. The summed E-state index contributed by atoms with van der Waals surface area (Å²) in [5.41, 5.74) is 0.717. The number of fused-ring (bicyclic) bond motifs is 3. The molecule has 2 atom stereocenters. The second kappa shape index (κ2) is 8.95. The molecule has 28 heavy (non-hydrogen) atoms. The first-order chi connectivity index (χ1) is 13.7. The normalized spacial score (nSPS) is 28.4. The second-order valence-corrected chi connectivity index (χ2v) is 8.27. The maximum atomic E-state index is 13.0. The molecular formula is C22H30N2O4. The fourth-order valence-corrected chi connectivity index (χ4v) is 4.67. The Bertz CT molecular complexity index is 666. The summed E-state index contributed by atoms with van der Waals surface area (Å²) >= 11 is 0. The molecule has 6 heteroatoms. The molecule has 0 aromatic heterocycles. The third-order valence-electron chi connectivity index (χ3n) is 6.32. The molecule has 3 heterocycles. The van der Waals surface area contributed by atoms with Crippen LogP contribution >= 0.6 is 0 Å². The van der Waals surface area contributed by atoms with Crippen molar-refractivity contribution < 1.29 is 19.1 Å². The smallest absolute Gasteiger partial charge is 0.408 e. The maximum Gasteiger partial charge on any atom is 0.408 e. The summed E-state index contributed by atoms with van der Waals surface area (Å²) in [5.74, 6) is 0.0325. The van der Waals surface area contributed by atoms with Crippen LogP contribution in [0.5, 0.6) is 0 Å². The van der Waals surface area contributed by atoms with E-state index in [2.05, 4.69) is 10.2 Å². The van der Waals surface area contributed by atoms with E-state index in [4.69, 9.17) is 9.47 Å². The van der Waals surface area contributed by atoms with Gasteiger partial charge in [0, 0.05) is 6.54 Å². The number of benzene rings is 1. The molecule has 1 saturated carbocycles. The first kappa shape index (κ1) is 19.2. The van der Waals surface area contributed by atoms with Gasteiger partial charge in [-0.05, 0) is 63.1 Å². The monoisotopic (exact) mass is 386 g/mol. The fourth-order valence-electron chi connectivity index (χ4n) is 4.67. The predicted octanol–water partition coefficient (Wildman–Crippen LogP) is 3.42. The fraction of sp³-hybridized carbons (Fsp3) is 0.636. The van der Waals surface area contributed by atoms with E-state index in [9.17, 15) is 9.59 Å². The zero-order chi connectivity index (χ0) is 19.3. The van der Waals surface area contributed by atoms with Gasteiger partial charge in [0.15, 0.2) is 6.04 Å². The van der Waals surface area contributed by atoms with E-state index in [1.54, 1.807) is 0 Å². The third kappa shape index (κ3) is 4.66. The zero-order valence-electron chi connectivity index (χ0n) is 16.3. The molecule has 3 aliphatic heterocycles. The molecule has 0 radical (unpaired) electrons. The van der Waals surface area contributed by atoms with Crippen LogP contribution in [0.25, 0.3) is 0 Å². The van der Waals surface area contributed by atoms with Crippen LogP contribution in [0.1, 0.15) is 56.6 Å². The van der Waals surface area contributed by atoms with Gasteiger partial charge in [0.2, 0.25) is 0 Å². The van der Waals surface area contributed by atoms with Crippen LogP contribution in [-0.4, -0.2) is 48.8 Å². The Labute approximate surface area is 166 Å². The van der Waals surface area contributed by atoms with Gasteiger partial charge in [0.1, 0.15) is 12.2 Å². The van der Waals surface area contributed by atoms with Gasteiger partial charge < -0.3 is 14.8 Å². The molecule has 2 bridgehead atoms. The van der Waals surface area contributed by atoms with Gasteiger partial charge in [-0.1, -0.05) is 36.8 Å². The second-order valence-electron chi connectivity index (χ2n) is 8.27. The number of piperidine rings is 3. The van der Waals surface area contributed by atoms with Crippen LogP contribution in [0.4, 0.5) is 4.79 Å². The number of nitrogens with one attached hydrogen (secondary N) is 1. The molecule has 1 aromatic carbocycles. The molecule has 4 fully saturated rings. The van der Waals surface area contributed by atoms with E-state index in [1.807, 2.05) is 30.3 Å². The highest BCUT2D eigenvalue weighted by Crippen LogP contribution is 2.30. The number of rotatable bonds is 5. The summed E-state index contributed by atoms with van der Waals surface area (Å²) in [6.07, 6.45) is 6.63. The number of amides is 1. The topological polar surface area (TPSA) is 67.9 Å². The van der Waals surface area contributed by atoms with Crippen molar-refractivity contribution in [1.29, 1.82) is 0 Å². The maximum absolute atomic E-state index is 13.0. The van der Waals surface area contributed by atoms with Crippen molar-refractivity contribution in [2.45, 2.75) is 63.2 Å². The molecule has 1 amide bonds. The lowest BCUT2D eigenvalue weighted by atomic mass is 9.86. The number of carbonyl (C=O) groups is 2. The average molecular weight is 386 g/mol. The van der Waals surface area contributed by atoms with E-state index >= 15 is 0 Å². The summed E-state index contributed by atoms with van der Waals surface area (Å²) in [6.45, 7) is 2.98. The van der Waals surface area contributed by atoms with E-state index in [1.165, 1.54) is 6.42 Å². The highest BCUT2D eigenvalue weighted by atomic mass is 16.6. The number of esters is 1. The molecule has 0 spiro atoms. The standard InChI is InChI=1S/C22H30N2O4/c25-21(28-19-15-24-13-11-16(19)12-14-24)20(17-7-3-1-4-8-17)23-22(26)27-18-9-5-2-6-10-18/h1,3-4,7-8,16,18-20H,2,5-6,9-15H2,(H,23,26). The SMILES string of the molecule is O=C(NC(C(=O)OC1CN2CCC1CC2)c1ccccc1)OC1CCCCC1. The molecule has 6 nitrogen and oxygen atoms in total. The third-order valence-corrected chi connectivity index (χ3v) is 6.32. The van der Waals surface area contributed by atoms with Crippen LogP contribution in [0.2, 0.25) is 0 Å². The van der Waals surface area contributed by atoms with Gasteiger partial charge in [-0.2, -0.15) is 0 Å². The number of hydrogen-bond donors (Lipinski definition) is 1. The number of alkyl carbamates (subject to hydrolysis) is 1. The predicted molar refractivity (Wildman–Crippen MR) is 105 cm³/mol. The van der Waals surface area contributed by atoms with E-state index < -0.39 is 18.1 Å². The molecule has 152 valence electrons. The minimum atomic E-state index is -0.840. The molecule has 3 saturated heterocycles. The van der Waals surface area contributed by atoms with E-state index in [0.717, 1.165) is 63.7 Å². The summed E-state index contributed by atoms with van der Waals surface area (Å²) in [6, 6.07) is 8.44. The van der Waals surface area contributed by atoms with Crippen molar-refractivity contribution in [3.63, 3.8) is 0 Å². The van der Waals surface area contributed by atoms with Gasteiger partial charge in [-0.3, -0.25) is 4.90 Å². The van der Waals surface area contributed by atoms with Crippen molar-refractivity contribution in [3.8, 4) is 0 Å². The summed E-state index contributed by atoms with van der Waals surface area (Å²) < 4.78 is 11.4. The molecule has 1 N–H and O–H groups in total. The van der Waals surface area contributed by atoms with E-state index in [-0.39, 0.29) is 12.2 Å². The molecule has 5 rings (SSSR count). The van der Waals surface area contributed by atoms with Crippen LogP contribution in [0, 0.1) is 5.92 Å². The van der Waals surface area contributed by atoms with Gasteiger partial charge in [-0.15, -0.1) is 0 Å². The van der Waals surface area contributed by atoms with Crippen molar-refractivity contribution in [2.24, 2.45) is 5.92 Å². The van der Waals surface area contributed by atoms with Crippen molar-refractivity contribution in [2.75, 3.05) is 19.6 Å². The summed E-state index contributed by atoms with van der Waals surface area (Å²) in [4.78, 5) is 27.8. The first-order valence-corrected chi connectivity index (χ1v) is 10.6. The van der Waals surface area contributed by atoms with Gasteiger partial charge in [0.25, 0.3) is 0 Å². The summed E-state index contributed by atoms with van der Waals surface area (Å²) in [7, 11) is 0.